The van der Waals surface area contributed by atoms with E-state index in [0.29, 0.717) is 11.3 Å². The topological polar surface area (TPSA) is 103 Å². The van der Waals surface area contributed by atoms with Crippen molar-refractivity contribution in [3.05, 3.63) is 65.9 Å². The van der Waals surface area contributed by atoms with Crippen LogP contribution in [-0.2, 0) is 15.8 Å². The maximum atomic E-state index is 12.2. The first kappa shape index (κ1) is 20.9. The maximum absolute atomic E-state index is 12.2. The number of halogens is 3. The van der Waals surface area contributed by atoms with Crippen LogP contribution in [0.3, 0.4) is 0 Å². The summed E-state index contributed by atoms with van der Waals surface area (Å²) in [5.74, 6) is -2.06. The van der Waals surface area contributed by atoms with Gasteiger partial charge in [-0.15, -0.1) is 0 Å². The molecule has 1 aromatic carbocycles. The third-order valence-corrected chi connectivity index (χ3v) is 4.09. The summed E-state index contributed by atoms with van der Waals surface area (Å²) in [7, 11) is 0. The average molecular weight is 394 g/mol. The highest BCUT2D eigenvalue weighted by Crippen LogP contribution is 2.31. The van der Waals surface area contributed by atoms with Gasteiger partial charge in [-0.05, 0) is 31.5 Å². The van der Waals surface area contributed by atoms with Crippen molar-refractivity contribution in [1.82, 2.24) is 10.2 Å². The Bertz CT molecular complexity index is 900. The number of H-pyrrole nitrogens is 1. The number of nitrogens with zero attached hydrogens (tertiary/aromatic N) is 1. The van der Waals surface area contributed by atoms with Gasteiger partial charge in [-0.25, -0.2) is 4.79 Å². The van der Waals surface area contributed by atoms with Crippen LogP contribution in [0.2, 0.25) is 0 Å². The highest BCUT2D eigenvalue weighted by atomic mass is 19.4. The van der Waals surface area contributed by atoms with Crippen molar-refractivity contribution >= 4 is 11.9 Å². The summed E-state index contributed by atoms with van der Waals surface area (Å²) < 4.78 is 36.7. The molecule has 1 aromatic heterocycles. The van der Waals surface area contributed by atoms with E-state index in [2.05, 4.69) is 10.2 Å². The molecule has 6 nitrogen and oxygen atoms in total. The van der Waals surface area contributed by atoms with Gasteiger partial charge in [-0.3, -0.25) is 9.89 Å². The van der Waals surface area contributed by atoms with Crippen molar-refractivity contribution in [3.8, 4) is 11.3 Å². The second-order valence-electron chi connectivity index (χ2n) is 6.29. The molecule has 3 N–H and O–H groups in total. The molecule has 1 unspecified atom stereocenters. The molecule has 0 aliphatic heterocycles. The molecular formula is C19H17F3N2O4. The molecule has 1 aliphatic rings. The first-order valence-electron chi connectivity index (χ1n) is 8.05. The van der Waals surface area contributed by atoms with Crippen LogP contribution in [0.5, 0.6) is 0 Å². The summed E-state index contributed by atoms with van der Waals surface area (Å²) in [6.45, 7) is 1.50. The van der Waals surface area contributed by atoms with Crippen molar-refractivity contribution < 1.29 is 33.0 Å². The highest BCUT2D eigenvalue weighted by Gasteiger charge is 2.34. The Hall–Kier alpha value is -3.36. The lowest BCUT2D eigenvalue weighted by Crippen LogP contribution is -2.28. The summed E-state index contributed by atoms with van der Waals surface area (Å²) in [5, 5.41) is 24.0. The van der Waals surface area contributed by atoms with Crippen LogP contribution in [0.15, 0.2) is 60.3 Å². The van der Waals surface area contributed by atoms with E-state index in [4.69, 9.17) is 10.2 Å². The largest absolute Gasteiger partial charge is 0.481 e. The Morgan fingerprint density at radius 2 is 1.79 bits per heavy atom. The number of nitrogens with one attached hydrogen (secondary N) is 1. The zero-order chi connectivity index (χ0) is 20.9. The monoisotopic (exact) mass is 394 g/mol. The molecule has 0 amide bonds. The third-order valence-electron chi connectivity index (χ3n) is 4.09. The number of carboxylic acids is 2. The molecule has 1 heterocycles. The molecule has 1 atom stereocenters. The van der Waals surface area contributed by atoms with Gasteiger partial charge in [0.2, 0.25) is 0 Å². The Balaban J connectivity index is 0.000000203. The number of benzene rings is 1. The number of alkyl halides is 3. The predicted octanol–water partition coefficient (Wildman–Crippen LogP) is 4.14. The minimum atomic E-state index is -4.29. The van der Waals surface area contributed by atoms with Gasteiger partial charge in [-0.1, -0.05) is 30.4 Å². The fourth-order valence-electron chi connectivity index (χ4n) is 2.43. The highest BCUT2D eigenvalue weighted by molar-refractivity contribution is 5.90. The van der Waals surface area contributed by atoms with Crippen molar-refractivity contribution in [2.45, 2.75) is 19.5 Å². The fraction of sp³-hybridized carbons (Fsp3) is 0.211. The van der Waals surface area contributed by atoms with Crippen LogP contribution in [-0.4, -0.2) is 32.3 Å². The fourth-order valence-corrected chi connectivity index (χ4v) is 2.43. The number of rotatable bonds is 3. The molecule has 148 valence electrons. The molecule has 0 saturated carbocycles. The summed E-state index contributed by atoms with van der Waals surface area (Å²) in [4.78, 5) is 21.3. The minimum Gasteiger partial charge on any atom is -0.481 e. The molecule has 0 radical (unpaired) electrons. The number of carbonyl (C=O) groups is 2. The minimum absolute atomic E-state index is 0.0359. The van der Waals surface area contributed by atoms with Crippen LogP contribution in [0.4, 0.5) is 13.2 Å². The second-order valence-corrected chi connectivity index (χ2v) is 6.29. The van der Waals surface area contributed by atoms with Crippen LogP contribution in [0.25, 0.3) is 11.3 Å². The Labute approximate surface area is 158 Å². The molecular weight excluding hydrogens is 377 g/mol. The van der Waals surface area contributed by atoms with Crippen molar-refractivity contribution in [2.24, 2.45) is 5.41 Å². The summed E-state index contributed by atoms with van der Waals surface area (Å²) in [6, 6.07) is 6.59. The molecule has 3 rings (SSSR count). The first-order chi connectivity index (χ1) is 13.0. The van der Waals surface area contributed by atoms with Gasteiger partial charge >= 0.3 is 18.1 Å². The van der Waals surface area contributed by atoms with Crippen molar-refractivity contribution in [1.29, 1.82) is 0 Å². The number of hydrogen-bond acceptors (Lipinski definition) is 3. The van der Waals surface area contributed by atoms with E-state index >= 15 is 0 Å². The zero-order valence-corrected chi connectivity index (χ0v) is 14.7. The van der Waals surface area contributed by atoms with Gasteiger partial charge in [0, 0.05) is 17.3 Å². The standard InChI is InChI=1S/C10H7F3N2.C9H10O4/c11-10(12,13)8-3-1-7(2-4-8)9-5-6-14-15-9;1-9(8(12)13)4-2-3-6(5-9)7(10)11/h1-6H,(H,14,15);2-4H,5H2,1H3,(H,10,11)(H,12,13). The van der Waals surface area contributed by atoms with Gasteiger partial charge < -0.3 is 10.2 Å². The van der Waals surface area contributed by atoms with Gasteiger partial charge in [-0.2, -0.15) is 18.3 Å². The van der Waals surface area contributed by atoms with E-state index in [1.165, 1.54) is 37.3 Å². The summed E-state index contributed by atoms with van der Waals surface area (Å²) in [5.41, 5.74) is -0.315. The van der Waals surface area contributed by atoms with Crippen LogP contribution < -0.4 is 0 Å². The number of carboxylic acid groups (broad SMARTS) is 2. The average Bonchev–Trinajstić information content (AvgIpc) is 3.16. The summed E-state index contributed by atoms with van der Waals surface area (Å²) >= 11 is 0. The number of hydrogen-bond donors (Lipinski definition) is 3. The Morgan fingerprint density at radius 1 is 1.14 bits per heavy atom. The molecule has 0 bridgehead atoms. The normalized spacial score (nSPS) is 18.6. The Kier molecular flexibility index (Phi) is 6.07. The maximum Gasteiger partial charge on any atom is 0.416 e. The summed E-state index contributed by atoms with van der Waals surface area (Å²) in [6.07, 6.45) is 1.77. The number of aliphatic carboxylic acids is 2. The Morgan fingerprint density at radius 3 is 2.25 bits per heavy atom. The van der Waals surface area contributed by atoms with E-state index in [1.54, 1.807) is 12.3 Å². The lowest BCUT2D eigenvalue weighted by atomic mass is 9.80. The van der Waals surface area contributed by atoms with Crippen LogP contribution in [0.1, 0.15) is 18.9 Å². The number of allylic oxidation sites excluding steroid dienone is 2. The van der Waals surface area contributed by atoms with E-state index in [1.807, 2.05) is 0 Å². The van der Waals surface area contributed by atoms with Gasteiger partial charge in [0.25, 0.3) is 0 Å². The molecule has 1 aliphatic carbocycles. The zero-order valence-electron chi connectivity index (χ0n) is 14.7. The van der Waals surface area contributed by atoms with E-state index in [-0.39, 0.29) is 12.0 Å². The lowest BCUT2D eigenvalue weighted by molar-refractivity contribution is -0.145. The molecule has 9 heteroatoms. The van der Waals surface area contributed by atoms with Crippen molar-refractivity contribution in [3.63, 3.8) is 0 Å². The molecule has 0 fully saturated rings. The SMILES string of the molecule is CC1(C(=O)O)C=CC=C(C(=O)O)C1.FC(F)(F)c1ccc(-c2cc[nH]n2)cc1. The number of aromatic amines is 1. The third kappa shape index (κ3) is 5.09. The molecule has 28 heavy (non-hydrogen) atoms. The van der Waals surface area contributed by atoms with Gasteiger partial charge in [0.15, 0.2) is 0 Å². The van der Waals surface area contributed by atoms with E-state index in [0.717, 1.165) is 12.1 Å². The molecule has 0 spiro atoms. The lowest BCUT2D eigenvalue weighted by Gasteiger charge is -2.23. The van der Waals surface area contributed by atoms with E-state index in [9.17, 15) is 22.8 Å². The predicted molar refractivity (Wildman–Crippen MR) is 94.2 cm³/mol. The van der Waals surface area contributed by atoms with E-state index < -0.39 is 29.1 Å². The van der Waals surface area contributed by atoms with Gasteiger partial charge in [0.1, 0.15) is 0 Å². The number of aromatic nitrogens is 2. The van der Waals surface area contributed by atoms with Crippen LogP contribution in [0, 0.1) is 5.41 Å². The second kappa shape index (κ2) is 8.12. The molecule has 2 aromatic rings. The first-order valence-corrected chi connectivity index (χ1v) is 8.05. The van der Waals surface area contributed by atoms with Gasteiger partial charge in [0.05, 0.1) is 16.7 Å². The smallest absolute Gasteiger partial charge is 0.416 e. The quantitative estimate of drug-likeness (QED) is 0.726. The van der Waals surface area contributed by atoms with Crippen LogP contribution >= 0.6 is 0 Å². The molecule has 0 saturated heterocycles. The van der Waals surface area contributed by atoms with Crippen molar-refractivity contribution in [2.75, 3.05) is 0 Å².